The molecule has 12 nitrogen and oxygen atoms in total. The molecule has 1 fully saturated rings. The van der Waals surface area contributed by atoms with Crippen molar-refractivity contribution in [2.75, 3.05) is 0 Å². The van der Waals surface area contributed by atoms with Gasteiger partial charge in [0.2, 0.25) is 17.7 Å². The number of aliphatic carboxylic acids is 1. The lowest BCUT2D eigenvalue weighted by Crippen LogP contribution is -2.62. The summed E-state index contributed by atoms with van der Waals surface area (Å²) in [5, 5.41) is 30.1. The van der Waals surface area contributed by atoms with Crippen LogP contribution >= 0.6 is 0 Å². The maximum atomic E-state index is 13.5. The lowest BCUT2D eigenvalue weighted by molar-refractivity contribution is -0.149. The second-order valence-corrected chi connectivity index (χ2v) is 12.5. The number of hydrogen-bond acceptors (Lipinski definition) is 7. The molecule has 0 heterocycles. The lowest BCUT2D eigenvalue weighted by atomic mass is 9.81. The first kappa shape index (κ1) is 34.9. The number of nitrogens with one attached hydrogen (secondary N) is 4. The van der Waals surface area contributed by atoms with Crippen LogP contribution in [0.5, 0.6) is 5.75 Å². The zero-order valence-corrected chi connectivity index (χ0v) is 26.2. The fraction of sp³-hybridized carbons (Fsp3) is 0.485. The Morgan fingerprint density at radius 2 is 1.33 bits per heavy atom. The largest absolute Gasteiger partial charge is 0.508 e. The van der Waals surface area contributed by atoms with Crippen LogP contribution in [0.4, 0.5) is 4.79 Å². The van der Waals surface area contributed by atoms with Crippen LogP contribution in [0.15, 0.2) is 54.6 Å². The Kier molecular flexibility index (Phi) is 11.9. The molecule has 45 heavy (non-hydrogen) atoms. The molecule has 0 spiro atoms. The molecule has 2 aromatic rings. The summed E-state index contributed by atoms with van der Waals surface area (Å²) in [5.41, 5.74) is -0.847. The van der Waals surface area contributed by atoms with E-state index in [1.54, 1.807) is 57.2 Å². The summed E-state index contributed by atoms with van der Waals surface area (Å²) in [6.45, 7) is 6.49. The van der Waals surface area contributed by atoms with Crippen LogP contribution in [0.2, 0.25) is 0 Å². The summed E-state index contributed by atoms with van der Waals surface area (Å²) in [5.74, 6) is -3.05. The SMILES string of the molecule is C[C@@H](NC(=O)[C@H](Cc1ccc(O)cc1)NC(=O)OC(C)(C)C)C(=O)N[C@@H](Cc1ccccc1)C(=O)NC1(C(=O)O)CCCCC1. The molecule has 0 radical (unpaired) electrons. The smallest absolute Gasteiger partial charge is 0.408 e. The highest BCUT2D eigenvalue weighted by molar-refractivity contribution is 5.95. The minimum atomic E-state index is -1.41. The summed E-state index contributed by atoms with van der Waals surface area (Å²) in [6, 6.07) is 11.7. The van der Waals surface area contributed by atoms with Crippen molar-refractivity contribution in [2.45, 2.75) is 102 Å². The van der Waals surface area contributed by atoms with Crippen molar-refractivity contribution < 1.29 is 38.9 Å². The van der Waals surface area contributed by atoms with Crippen molar-refractivity contribution in [3.8, 4) is 5.75 Å². The van der Waals surface area contributed by atoms with Crippen LogP contribution in [0.25, 0.3) is 0 Å². The van der Waals surface area contributed by atoms with Crippen molar-refractivity contribution in [3.05, 3.63) is 65.7 Å². The van der Waals surface area contributed by atoms with Gasteiger partial charge in [0, 0.05) is 12.8 Å². The normalized spacial score (nSPS) is 16.3. The average Bonchev–Trinajstić information content (AvgIpc) is 2.97. The van der Waals surface area contributed by atoms with Crippen LogP contribution in [-0.4, -0.2) is 69.3 Å². The third kappa shape index (κ3) is 10.8. The summed E-state index contributed by atoms with van der Waals surface area (Å²) < 4.78 is 5.31. The number of carbonyl (C=O) groups is 5. The lowest BCUT2D eigenvalue weighted by Gasteiger charge is -2.35. The van der Waals surface area contributed by atoms with Crippen molar-refractivity contribution in [3.63, 3.8) is 0 Å². The molecule has 1 aliphatic rings. The fourth-order valence-electron chi connectivity index (χ4n) is 5.13. The number of hydrogen-bond donors (Lipinski definition) is 6. The summed E-state index contributed by atoms with van der Waals surface area (Å²) in [6.07, 6.45) is 2.09. The number of rotatable bonds is 12. The highest BCUT2D eigenvalue weighted by Crippen LogP contribution is 2.28. The Labute approximate surface area is 263 Å². The van der Waals surface area contributed by atoms with Gasteiger partial charge in [-0.15, -0.1) is 0 Å². The van der Waals surface area contributed by atoms with Crippen LogP contribution in [0, 0.1) is 0 Å². The third-order valence-corrected chi connectivity index (χ3v) is 7.53. The highest BCUT2D eigenvalue weighted by atomic mass is 16.6. The number of benzene rings is 2. The van der Waals surface area contributed by atoms with Gasteiger partial charge in [0.1, 0.15) is 35.0 Å². The zero-order valence-electron chi connectivity index (χ0n) is 26.2. The van der Waals surface area contributed by atoms with E-state index in [4.69, 9.17) is 4.74 Å². The number of carbonyl (C=O) groups excluding carboxylic acids is 4. The predicted molar refractivity (Wildman–Crippen MR) is 166 cm³/mol. The molecule has 1 saturated carbocycles. The zero-order chi connectivity index (χ0) is 33.2. The molecule has 3 atom stereocenters. The van der Waals surface area contributed by atoms with Gasteiger partial charge in [0.15, 0.2) is 0 Å². The first-order valence-corrected chi connectivity index (χ1v) is 15.1. The van der Waals surface area contributed by atoms with Gasteiger partial charge in [-0.25, -0.2) is 9.59 Å². The maximum absolute atomic E-state index is 13.5. The maximum Gasteiger partial charge on any atom is 0.408 e. The van der Waals surface area contributed by atoms with Gasteiger partial charge in [-0.2, -0.15) is 0 Å². The van der Waals surface area contributed by atoms with Gasteiger partial charge in [-0.3, -0.25) is 14.4 Å². The minimum Gasteiger partial charge on any atom is -0.508 e. The Morgan fingerprint density at radius 1 is 0.778 bits per heavy atom. The molecule has 1 aliphatic carbocycles. The molecule has 0 unspecified atom stereocenters. The van der Waals surface area contributed by atoms with E-state index in [-0.39, 0.29) is 18.6 Å². The average molecular weight is 625 g/mol. The van der Waals surface area contributed by atoms with E-state index in [0.29, 0.717) is 31.2 Å². The van der Waals surface area contributed by atoms with Crippen LogP contribution in [-0.2, 0) is 36.8 Å². The second kappa shape index (κ2) is 15.4. The molecule has 12 heteroatoms. The predicted octanol–water partition coefficient (Wildman–Crippen LogP) is 2.96. The Balaban J connectivity index is 1.75. The highest BCUT2D eigenvalue weighted by Gasteiger charge is 2.42. The van der Waals surface area contributed by atoms with Crippen molar-refractivity contribution >= 4 is 29.8 Å². The van der Waals surface area contributed by atoms with E-state index < -0.39 is 59.0 Å². The van der Waals surface area contributed by atoms with Crippen molar-refractivity contribution in [1.82, 2.24) is 21.3 Å². The molecule has 0 bridgehead atoms. The number of ether oxygens (including phenoxy) is 1. The molecule has 6 N–H and O–H groups in total. The Morgan fingerprint density at radius 3 is 1.89 bits per heavy atom. The van der Waals surface area contributed by atoms with Crippen LogP contribution in [0.3, 0.4) is 0 Å². The fourth-order valence-corrected chi connectivity index (χ4v) is 5.13. The first-order valence-electron chi connectivity index (χ1n) is 15.1. The number of phenols is 1. The van der Waals surface area contributed by atoms with Gasteiger partial charge in [-0.05, 0) is 63.8 Å². The van der Waals surface area contributed by atoms with Crippen LogP contribution < -0.4 is 21.3 Å². The quantitative estimate of drug-likeness (QED) is 0.208. The second-order valence-electron chi connectivity index (χ2n) is 12.5. The topological polar surface area (TPSA) is 183 Å². The Bertz CT molecular complexity index is 1330. The number of carboxylic acids is 1. The minimum absolute atomic E-state index is 0.0377. The van der Waals surface area contributed by atoms with E-state index in [1.807, 2.05) is 6.07 Å². The molecular weight excluding hydrogens is 580 g/mol. The van der Waals surface area contributed by atoms with Crippen molar-refractivity contribution in [1.29, 1.82) is 0 Å². The number of phenolic OH excluding ortho intramolecular Hbond substituents is 1. The third-order valence-electron chi connectivity index (χ3n) is 7.53. The van der Waals surface area contributed by atoms with Gasteiger partial charge in [-0.1, -0.05) is 61.7 Å². The molecule has 0 aliphatic heterocycles. The van der Waals surface area contributed by atoms with E-state index in [9.17, 15) is 34.2 Å². The molecule has 0 aromatic heterocycles. The standard InChI is InChI=1S/C33H44N4O8/c1-21(34-28(40)25(36-31(44)45-32(2,3)4)20-23-13-15-24(38)16-14-23)27(39)35-26(19-22-11-7-5-8-12-22)29(41)37-33(30(42)43)17-9-6-10-18-33/h5,7-8,11-16,21,25-26,38H,6,9-10,17-20H2,1-4H3,(H,34,40)(H,35,39)(H,36,44)(H,37,41)(H,42,43)/t21-,25+,26+/m1/s1. The Hall–Kier alpha value is -4.61. The summed E-state index contributed by atoms with van der Waals surface area (Å²) >= 11 is 0. The number of aromatic hydroxyl groups is 1. The van der Waals surface area contributed by atoms with Gasteiger partial charge < -0.3 is 36.2 Å². The summed E-state index contributed by atoms with van der Waals surface area (Å²) in [7, 11) is 0. The molecule has 244 valence electrons. The van der Waals surface area contributed by atoms with Gasteiger partial charge >= 0.3 is 12.1 Å². The van der Waals surface area contributed by atoms with E-state index in [2.05, 4.69) is 21.3 Å². The van der Waals surface area contributed by atoms with E-state index in [0.717, 1.165) is 12.0 Å². The number of carboxylic acid groups (broad SMARTS) is 1. The summed E-state index contributed by atoms with van der Waals surface area (Å²) in [4.78, 5) is 65.0. The van der Waals surface area contributed by atoms with Gasteiger partial charge in [0.25, 0.3) is 0 Å². The number of alkyl carbamates (subject to hydrolysis) is 1. The number of amides is 4. The van der Waals surface area contributed by atoms with E-state index >= 15 is 0 Å². The molecule has 4 amide bonds. The van der Waals surface area contributed by atoms with Crippen LogP contribution in [0.1, 0.15) is 70.9 Å². The molecular formula is C33H44N4O8. The van der Waals surface area contributed by atoms with E-state index in [1.165, 1.54) is 19.1 Å². The molecule has 0 saturated heterocycles. The monoisotopic (exact) mass is 624 g/mol. The molecule has 3 rings (SSSR count). The molecule has 2 aromatic carbocycles. The van der Waals surface area contributed by atoms with Gasteiger partial charge in [0.05, 0.1) is 0 Å². The van der Waals surface area contributed by atoms with Crippen molar-refractivity contribution in [2.24, 2.45) is 0 Å². The first-order chi connectivity index (χ1) is 21.2.